The van der Waals surface area contributed by atoms with Crippen molar-refractivity contribution in [2.24, 2.45) is 7.05 Å². The van der Waals surface area contributed by atoms with Crippen molar-refractivity contribution in [3.05, 3.63) is 66.0 Å². The van der Waals surface area contributed by atoms with E-state index in [9.17, 15) is 23.1 Å². The molecule has 1 aliphatic heterocycles. The van der Waals surface area contributed by atoms with Gasteiger partial charge in [-0.25, -0.2) is 0 Å². The Morgan fingerprint density at radius 3 is 2.23 bits per heavy atom. The van der Waals surface area contributed by atoms with Gasteiger partial charge in [0.05, 0.1) is 17.4 Å². The molecule has 2 aromatic carbocycles. The van der Waals surface area contributed by atoms with Crippen LogP contribution in [-0.2, 0) is 13.6 Å². The number of amides is 1. The highest BCUT2D eigenvalue weighted by Gasteiger charge is 2.55. The van der Waals surface area contributed by atoms with Gasteiger partial charge in [-0.15, -0.1) is 0 Å². The SMILES string of the molecule is Cn1cc(-c2ccc(-c3cccc4c3C(=O)N(C(C(C)(C)O)C(F)(F)F)C4)cc2)cn1. The summed E-state index contributed by atoms with van der Waals surface area (Å²) in [7, 11) is 1.82. The minimum absolute atomic E-state index is 0.204. The fraction of sp³-hybridized carbons (Fsp3) is 0.304. The fourth-order valence-electron chi connectivity index (χ4n) is 4.20. The summed E-state index contributed by atoms with van der Waals surface area (Å²) in [6.07, 6.45) is -1.14. The van der Waals surface area contributed by atoms with Gasteiger partial charge in [0.25, 0.3) is 5.91 Å². The van der Waals surface area contributed by atoms with Crippen LogP contribution >= 0.6 is 0 Å². The largest absolute Gasteiger partial charge is 0.411 e. The number of rotatable bonds is 4. The Balaban J connectivity index is 1.71. The molecule has 4 rings (SSSR count). The van der Waals surface area contributed by atoms with Crippen LogP contribution in [0.15, 0.2) is 54.9 Å². The van der Waals surface area contributed by atoms with Crippen LogP contribution < -0.4 is 0 Å². The van der Waals surface area contributed by atoms with Crippen molar-refractivity contribution in [2.45, 2.75) is 38.2 Å². The van der Waals surface area contributed by atoms with Crippen LogP contribution in [0.2, 0.25) is 0 Å². The molecule has 1 N–H and O–H groups in total. The molecule has 3 aromatic rings. The first-order valence-electron chi connectivity index (χ1n) is 9.78. The lowest BCUT2D eigenvalue weighted by molar-refractivity contribution is -0.219. The summed E-state index contributed by atoms with van der Waals surface area (Å²) in [6, 6.07) is 10.3. The smallest absolute Gasteiger partial charge is 0.388 e. The number of halogens is 3. The standard InChI is InChI=1S/C23H22F3N3O2/c1-22(2,31)21(23(24,25)26)29-13-16-5-4-6-18(19(16)20(29)30)15-9-7-14(8-10-15)17-11-27-28(3)12-17/h4-12,21,31H,13H2,1-3H3. The minimum atomic E-state index is -4.76. The Morgan fingerprint density at radius 1 is 1.03 bits per heavy atom. The van der Waals surface area contributed by atoms with Crippen LogP contribution in [0.1, 0.15) is 29.8 Å². The van der Waals surface area contributed by atoms with Gasteiger partial charge >= 0.3 is 6.18 Å². The number of fused-ring (bicyclic) bond motifs is 1. The van der Waals surface area contributed by atoms with Crippen molar-refractivity contribution < 1.29 is 23.1 Å². The first kappa shape index (κ1) is 21.1. The molecule has 0 radical (unpaired) electrons. The third-order valence-corrected chi connectivity index (χ3v) is 5.49. The van der Waals surface area contributed by atoms with E-state index in [2.05, 4.69) is 5.10 Å². The number of alkyl halides is 3. The number of nitrogens with zero attached hydrogens (tertiary/aromatic N) is 3. The van der Waals surface area contributed by atoms with E-state index in [1.54, 1.807) is 29.1 Å². The number of carbonyl (C=O) groups is 1. The second kappa shape index (κ2) is 7.23. The summed E-state index contributed by atoms with van der Waals surface area (Å²) in [5.74, 6) is -0.730. The molecule has 1 aromatic heterocycles. The van der Waals surface area contributed by atoms with E-state index in [-0.39, 0.29) is 12.1 Å². The summed E-state index contributed by atoms with van der Waals surface area (Å²) >= 11 is 0. The van der Waals surface area contributed by atoms with Crippen molar-refractivity contribution in [1.29, 1.82) is 0 Å². The fourth-order valence-corrected chi connectivity index (χ4v) is 4.20. The number of benzene rings is 2. The zero-order valence-electron chi connectivity index (χ0n) is 17.3. The van der Waals surface area contributed by atoms with E-state index in [0.717, 1.165) is 35.4 Å². The predicted octanol–water partition coefficient (Wildman–Crippen LogP) is 4.41. The van der Waals surface area contributed by atoms with E-state index in [4.69, 9.17) is 0 Å². The molecular formula is C23H22F3N3O2. The van der Waals surface area contributed by atoms with Crippen LogP contribution in [0.4, 0.5) is 13.2 Å². The quantitative estimate of drug-likeness (QED) is 0.668. The summed E-state index contributed by atoms with van der Waals surface area (Å²) in [5, 5.41) is 14.3. The van der Waals surface area contributed by atoms with Gasteiger partial charge in [0.15, 0.2) is 6.04 Å². The third kappa shape index (κ3) is 3.83. The first-order valence-corrected chi connectivity index (χ1v) is 9.78. The molecule has 1 atom stereocenters. The normalized spacial score (nSPS) is 15.3. The van der Waals surface area contributed by atoms with Gasteiger partial charge in [-0.05, 0) is 36.1 Å². The number of aliphatic hydroxyl groups is 1. The molecule has 0 fully saturated rings. The molecular weight excluding hydrogens is 407 g/mol. The van der Waals surface area contributed by atoms with E-state index < -0.39 is 23.7 Å². The van der Waals surface area contributed by atoms with Crippen LogP contribution in [0.25, 0.3) is 22.3 Å². The molecule has 0 saturated heterocycles. The Kier molecular flexibility index (Phi) is 4.93. The molecule has 162 valence electrons. The Bertz CT molecular complexity index is 1110. The highest BCUT2D eigenvalue weighted by atomic mass is 19.4. The summed E-state index contributed by atoms with van der Waals surface area (Å²) in [4.78, 5) is 13.8. The van der Waals surface area contributed by atoms with E-state index >= 15 is 0 Å². The highest BCUT2D eigenvalue weighted by molar-refractivity contribution is 6.05. The number of carbonyl (C=O) groups excluding carboxylic acids is 1. The second-order valence-corrected chi connectivity index (χ2v) is 8.35. The van der Waals surface area contributed by atoms with Gasteiger partial charge < -0.3 is 10.0 Å². The first-order chi connectivity index (χ1) is 14.5. The van der Waals surface area contributed by atoms with Crippen molar-refractivity contribution in [1.82, 2.24) is 14.7 Å². The van der Waals surface area contributed by atoms with E-state index in [1.165, 1.54) is 0 Å². The summed E-state index contributed by atoms with van der Waals surface area (Å²) < 4.78 is 42.9. The third-order valence-electron chi connectivity index (χ3n) is 5.49. The predicted molar refractivity (Wildman–Crippen MR) is 110 cm³/mol. The van der Waals surface area contributed by atoms with Gasteiger partial charge in [-0.2, -0.15) is 18.3 Å². The van der Waals surface area contributed by atoms with Crippen molar-refractivity contribution >= 4 is 5.91 Å². The lowest BCUT2D eigenvalue weighted by Crippen LogP contribution is -2.57. The number of aryl methyl sites for hydroxylation is 1. The Labute approximate surface area is 177 Å². The second-order valence-electron chi connectivity index (χ2n) is 8.35. The lowest BCUT2D eigenvalue weighted by Gasteiger charge is -2.37. The van der Waals surface area contributed by atoms with Crippen LogP contribution in [0.5, 0.6) is 0 Å². The van der Waals surface area contributed by atoms with Gasteiger partial charge in [0.1, 0.15) is 0 Å². The average Bonchev–Trinajstić information content (AvgIpc) is 3.24. The molecule has 0 bridgehead atoms. The zero-order valence-corrected chi connectivity index (χ0v) is 17.3. The number of hydrogen-bond acceptors (Lipinski definition) is 3. The molecule has 1 aliphatic rings. The van der Waals surface area contributed by atoms with Gasteiger partial charge in [-0.3, -0.25) is 9.48 Å². The van der Waals surface area contributed by atoms with E-state index in [1.807, 2.05) is 37.5 Å². The molecule has 1 amide bonds. The highest BCUT2D eigenvalue weighted by Crippen LogP contribution is 2.40. The molecule has 1 unspecified atom stereocenters. The minimum Gasteiger partial charge on any atom is -0.388 e. The lowest BCUT2D eigenvalue weighted by atomic mass is 9.95. The molecule has 0 spiro atoms. The average molecular weight is 429 g/mol. The molecule has 5 nitrogen and oxygen atoms in total. The van der Waals surface area contributed by atoms with Crippen molar-refractivity contribution in [3.63, 3.8) is 0 Å². The monoisotopic (exact) mass is 429 g/mol. The van der Waals surface area contributed by atoms with Crippen LogP contribution in [-0.4, -0.2) is 43.5 Å². The van der Waals surface area contributed by atoms with Gasteiger partial charge in [0.2, 0.25) is 0 Å². The molecule has 31 heavy (non-hydrogen) atoms. The maximum absolute atomic E-state index is 13.7. The topological polar surface area (TPSA) is 58.4 Å². The Hall–Kier alpha value is -3.13. The van der Waals surface area contributed by atoms with Gasteiger partial charge in [-0.1, -0.05) is 42.5 Å². The summed E-state index contributed by atoms with van der Waals surface area (Å²) in [6.45, 7) is 1.93. The summed E-state index contributed by atoms with van der Waals surface area (Å²) in [5.41, 5.74) is 1.80. The molecule has 8 heteroatoms. The van der Waals surface area contributed by atoms with Gasteiger partial charge in [0, 0.05) is 25.4 Å². The zero-order chi connectivity index (χ0) is 22.6. The molecule has 0 saturated carbocycles. The van der Waals surface area contributed by atoms with Crippen LogP contribution in [0, 0.1) is 0 Å². The Morgan fingerprint density at radius 2 is 1.68 bits per heavy atom. The molecule has 0 aliphatic carbocycles. The van der Waals surface area contributed by atoms with Crippen molar-refractivity contribution in [2.75, 3.05) is 0 Å². The maximum atomic E-state index is 13.7. The van der Waals surface area contributed by atoms with Crippen molar-refractivity contribution in [3.8, 4) is 22.3 Å². The molecule has 2 heterocycles. The number of aromatic nitrogens is 2. The van der Waals surface area contributed by atoms with Crippen LogP contribution in [0.3, 0.4) is 0 Å². The maximum Gasteiger partial charge on any atom is 0.411 e. The number of hydrogen-bond donors (Lipinski definition) is 1. The van der Waals surface area contributed by atoms with E-state index in [0.29, 0.717) is 11.1 Å².